The average Bonchev–Trinajstić information content (AvgIpc) is 1.37. The van der Waals surface area contributed by atoms with Crippen molar-refractivity contribution in [3.8, 4) is 0 Å². The molecule has 4 heavy (non-hydrogen) atoms. The number of halogens is 1. The SMILES string of the molecule is [Fe]=[CH]CBr. The van der Waals surface area contributed by atoms with Crippen LogP contribution in [0, 0.1) is 0 Å². The van der Waals surface area contributed by atoms with Crippen LogP contribution in [0.15, 0.2) is 0 Å². The van der Waals surface area contributed by atoms with Gasteiger partial charge in [0.05, 0.1) is 0 Å². The summed E-state index contributed by atoms with van der Waals surface area (Å²) in [6.07, 6.45) is 0. The van der Waals surface area contributed by atoms with E-state index in [0.29, 0.717) is 0 Å². The van der Waals surface area contributed by atoms with E-state index in [1.54, 1.807) is 4.92 Å². The molecule has 0 aromatic heterocycles. The van der Waals surface area contributed by atoms with Gasteiger partial charge in [-0.2, -0.15) is 0 Å². The molecule has 0 aliphatic carbocycles. The Morgan fingerprint density at radius 2 is 2.25 bits per heavy atom. The first-order valence-corrected chi connectivity index (χ1v) is 2.64. The van der Waals surface area contributed by atoms with Crippen molar-refractivity contribution in [2.24, 2.45) is 0 Å². The van der Waals surface area contributed by atoms with Gasteiger partial charge in [-0.3, -0.25) is 0 Å². The number of hydrogen-bond acceptors (Lipinski definition) is 0. The summed E-state index contributed by atoms with van der Waals surface area (Å²) in [6.45, 7) is 0. The molecule has 0 rings (SSSR count). The molecule has 0 N–H and O–H groups in total. The second-order valence-corrected chi connectivity index (χ2v) is 1.40. The standard InChI is InChI=1S/C2H3Br.Fe/c1-2-3;/h1H,2H2;. The van der Waals surface area contributed by atoms with Crippen molar-refractivity contribution < 1.29 is 15.6 Å². The van der Waals surface area contributed by atoms with Crippen molar-refractivity contribution in [1.82, 2.24) is 0 Å². The van der Waals surface area contributed by atoms with Gasteiger partial charge in [-0.25, -0.2) is 0 Å². The van der Waals surface area contributed by atoms with Crippen LogP contribution in [-0.4, -0.2) is 10.3 Å². The van der Waals surface area contributed by atoms with Crippen molar-refractivity contribution in [3.05, 3.63) is 0 Å². The Morgan fingerprint density at radius 1 is 2.00 bits per heavy atom. The summed E-state index contributed by atoms with van der Waals surface area (Å²) in [4.78, 5) is 1.79. The van der Waals surface area contributed by atoms with Crippen molar-refractivity contribution >= 4 is 20.9 Å². The molecule has 0 saturated carbocycles. The molecule has 0 heterocycles. The van der Waals surface area contributed by atoms with Crippen LogP contribution in [0.25, 0.3) is 0 Å². The molecule has 0 aliphatic rings. The third-order valence-electron chi connectivity index (χ3n) is 0.0546. The Kier molecular flexibility index (Phi) is 4.71. The molecule has 0 fully saturated rings. The molecule has 0 radical (unpaired) electrons. The first kappa shape index (κ1) is 4.87. The fourth-order valence-electron chi connectivity index (χ4n) is 0. The second kappa shape index (κ2) is 3.87. The van der Waals surface area contributed by atoms with Crippen LogP contribution >= 0.6 is 15.9 Å². The summed E-state index contributed by atoms with van der Waals surface area (Å²) in [6, 6.07) is 0. The van der Waals surface area contributed by atoms with Gasteiger partial charge in [0.15, 0.2) is 0 Å². The van der Waals surface area contributed by atoms with Crippen LogP contribution in [0.1, 0.15) is 0 Å². The van der Waals surface area contributed by atoms with Crippen LogP contribution < -0.4 is 0 Å². The van der Waals surface area contributed by atoms with Crippen molar-refractivity contribution in [2.75, 3.05) is 5.33 Å². The molecule has 0 aliphatic heterocycles. The fourth-order valence-corrected chi connectivity index (χ4v) is 0. The zero-order chi connectivity index (χ0) is 3.41. The molecule has 0 aromatic carbocycles. The number of alkyl halides is 1. The van der Waals surface area contributed by atoms with E-state index in [1.807, 2.05) is 0 Å². The van der Waals surface area contributed by atoms with E-state index in [9.17, 15) is 0 Å². The Hall–Kier alpha value is 0.869. The van der Waals surface area contributed by atoms with Crippen LogP contribution in [0.3, 0.4) is 0 Å². The molecular weight excluding hydrogens is 160 g/mol. The van der Waals surface area contributed by atoms with E-state index in [2.05, 4.69) is 31.5 Å². The first-order valence-electron chi connectivity index (χ1n) is 0.880. The van der Waals surface area contributed by atoms with E-state index in [4.69, 9.17) is 0 Å². The first-order chi connectivity index (χ1) is 1.91. The van der Waals surface area contributed by atoms with Crippen LogP contribution in [0.4, 0.5) is 0 Å². The van der Waals surface area contributed by atoms with Gasteiger partial charge in [-0.15, -0.1) is 0 Å². The summed E-state index contributed by atoms with van der Waals surface area (Å²) >= 11 is 6.56. The maximum atomic E-state index is 3.43. The van der Waals surface area contributed by atoms with Gasteiger partial charge in [-0.05, 0) is 0 Å². The maximum absolute atomic E-state index is 3.43. The molecule has 0 unspecified atom stereocenters. The van der Waals surface area contributed by atoms with Crippen LogP contribution in [-0.2, 0) is 15.6 Å². The molecule has 0 bridgehead atoms. The third-order valence-corrected chi connectivity index (χ3v) is 1.17. The zero-order valence-corrected chi connectivity index (χ0v) is 4.71. The Labute approximate surface area is 42.1 Å². The Balaban J connectivity index is 2.30. The van der Waals surface area contributed by atoms with Crippen molar-refractivity contribution in [2.45, 2.75) is 0 Å². The quantitative estimate of drug-likeness (QED) is 0.394. The minimum absolute atomic E-state index is 0.896. The Bertz CT molecular complexity index is 20.0. The number of hydrogen-bond donors (Lipinski definition) is 0. The number of rotatable bonds is 1. The van der Waals surface area contributed by atoms with E-state index in [1.165, 1.54) is 0 Å². The average molecular weight is 163 g/mol. The predicted molar refractivity (Wildman–Crippen MR) is 19.9 cm³/mol. The molecule has 0 spiro atoms. The molecule has 2 heteroatoms. The van der Waals surface area contributed by atoms with E-state index in [0.717, 1.165) is 5.33 Å². The third kappa shape index (κ3) is 2.87. The topological polar surface area (TPSA) is 0 Å². The van der Waals surface area contributed by atoms with Gasteiger partial charge in [0.2, 0.25) is 0 Å². The van der Waals surface area contributed by atoms with Gasteiger partial charge >= 0.3 is 41.8 Å². The van der Waals surface area contributed by atoms with Gasteiger partial charge in [-0.1, -0.05) is 0 Å². The molecule has 0 atom stereocenters. The summed E-state index contributed by atoms with van der Waals surface area (Å²) in [5, 5.41) is 0.896. The monoisotopic (exact) mass is 162 g/mol. The molecule has 0 amide bonds. The summed E-state index contributed by atoms with van der Waals surface area (Å²) < 4.78 is 0. The summed E-state index contributed by atoms with van der Waals surface area (Å²) in [5.41, 5.74) is 0. The molecular formula is C2H3BrFe. The molecule has 0 aromatic rings. The van der Waals surface area contributed by atoms with Gasteiger partial charge < -0.3 is 0 Å². The summed E-state index contributed by atoms with van der Waals surface area (Å²) in [7, 11) is 0. The fraction of sp³-hybridized carbons (Fsp3) is 0.500. The van der Waals surface area contributed by atoms with Gasteiger partial charge in [0.25, 0.3) is 0 Å². The van der Waals surface area contributed by atoms with Gasteiger partial charge in [0, 0.05) is 0 Å². The van der Waals surface area contributed by atoms with E-state index < -0.39 is 0 Å². The predicted octanol–water partition coefficient (Wildman–Crippen LogP) is 0.730. The normalized spacial score (nSPS) is 6.50. The van der Waals surface area contributed by atoms with E-state index >= 15 is 0 Å². The molecule has 0 saturated heterocycles. The molecule has 0 nitrogen and oxygen atoms in total. The molecule has 26 valence electrons. The van der Waals surface area contributed by atoms with E-state index in [-0.39, 0.29) is 0 Å². The van der Waals surface area contributed by atoms with Crippen LogP contribution in [0.5, 0.6) is 0 Å². The van der Waals surface area contributed by atoms with Gasteiger partial charge in [0.1, 0.15) is 0 Å². The van der Waals surface area contributed by atoms with Crippen LogP contribution in [0.2, 0.25) is 0 Å². The van der Waals surface area contributed by atoms with Crippen molar-refractivity contribution in [1.29, 1.82) is 0 Å². The second-order valence-electron chi connectivity index (χ2n) is 0.299. The van der Waals surface area contributed by atoms with Crippen molar-refractivity contribution in [3.63, 3.8) is 0 Å². The zero-order valence-electron chi connectivity index (χ0n) is 2.02. The minimum atomic E-state index is 0.896. The Morgan fingerprint density at radius 3 is 2.25 bits per heavy atom. The summed E-state index contributed by atoms with van der Waals surface area (Å²) in [5.74, 6) is 0.